The van der Waals surface area contributed by atoms with Gasteiger partial charge in [-0.2, -0.15) is 4.31 Å². The maximum Gasteiger partial charge on any atom is 0.243 e. The lowest BCUT2D eigenvalue weighted by Crippen LogP contribution is -2.51. The molecular weight excluding hydrogens is 354 g/mol. The Morgan fingerprint density at radius 3 is 2.43 bits per heavy atom. The van der Waals surface area contributed by atoms with E-state index in [4.69, 9.17) is 5.73 Å². The summed E-state index contributed by atoms with van der Waals surface area (Å²) in [7, 11) is -3.44. The van der Waals surface area contributed by atoms with Crippen LogP contribution >= 0.6 is 15.9 Å². The highest BCUT2D eigenvalue weighted by atomic mass is 79.9. The third-order valence-corrected chi connectivity index (χ3v) is 6.68. The molecule has 0 aliphatic carbocycles. The molecule has 1 heterocycles. The van der Waals surface area contributed by atoms with E-state index in [0.29, 0.717) is 34.2 Å². The Kier molecular flexibility index (Phi) is 5.29. The molecule has 0 spiro atoms. The molecule has 1 saturated heterocycles. The summed E-state index contributed by atoms with van der Waals surface area (Å²) in [6, 6.07) is 5.26. The highest BCUT2D eigenvalue weighted by Crippen LogP contribution is 2.26. The zero-order valence-corrected chi connectivity index (χ0v) is 14.8. The lowest BCUT2D eigenvalue weighted by Gasteiger charge is -2.37. The van der Waals surface area contributed by atoms with E-state index in [1.165, 1.54) is 0 Å². The Labute approximate surface area is 135 Å². The topological polar surface area (TPSA) is 66.6 Å². The number of hydrogen-bond acceptors (Lipinski definition) is 4. The quantitative estimate of drug-likeness (QED) is 0.818. The van der Waals surface area contributed by atoms with Gasteiger partial charge in [0.05, 0.1) is 4.90 Å². The molecule has 5 nitrogen and oxygen atoms in total. The Bertz CT molecular complexity index is 598. The van der Waals surface area contributed by atoms with Gasteiger partial charge in [0.2, 0.25) is 10.0 Å². The van der Waals surface area contributed by atoms with Crippen LogP contribution in [0.25, 0.3) is 0 Å². The summed E-state index contributed by atoms with van der Waals surface area (Å²) < 4.78 is 27.5. The molecule has 1 unspecified atom stereocenters. The molecule has 2 rings (SSSR count). The van der Waals surface area contributed by atoms with Gasteiger partial charge in [-0.25, -0.2) is 8.42 Å². The van der Waals surface area contributed by atoms with E-state index in [0.717, 1.165) is 19.5 Å². The van der Waals surface area contributed by atoms with Gasteiger partial charge in [-0.15, -0.1) is 0 Å². The molecule has 21 heavy (non-hydrogen) atoms. The third kappa shape index (κ3) is 3.59. The first-order valence-corrected chi connectivity index (χ1v) is 9.38. The second kappa shape index (κ2) is 6.64. The average molecular weight is 376 g/mol. The van der Waals surface area contributed by atoms with Crippen molar-refractivity contribution in [2.24, 2.45) is 0 Å². The van der Waals surface area contributed by atoms with Gasteiger partial charge >= 0.3 is 0 Å². The van der Waals surface area contributed by atoms with Gasteiger partial charge in [0.25, 0.3) is 0 Å². The van der Waals surface area contributed by atoms with E-state index in [9.17, 15) is 8.42 Å². The predicted octanol–water partition coefficient (Wildman–Crippen LogP) is 2.14. The molecule has 1 aliphatic rings. The Hall–Kier alpha value is -0.630. The molecule has 1 aliphatic heterocycles. The van der Waals surface area contributed by atoms with E-state index in [1.807, 2.05) is 0 Å². The molecule has 118 valence electrons. The van der Waals surface area contributed by atoms with Crippen molar-refractivity contribution >= 4 is 31.6 Å². The van der Waals surface area contributed by atoms with Crippen molar-refractivity contribution in [2.45, 2.75) is 31.2 Å². The lowest BCUT2D eigenvalue weighted by atomic mass is 10.2. The van der Waals surface area contributed by atoms with E-state index in [2.05, 4.69) is 34.7 Å². The van der Waals surface area contributed by atoms with Crippen LogP contribution in [-0.4, -0.2) is 49.8 Å². The minimum absolute atomic E-state index is 0.292. The fraction of sp³-hybridized carbons (Fsp3) is 0.571. The van der Waals surface area contributed by atoms with E-state index >= 15 is 0 Å². The number of sulfonamides is 1. The molecule has 1 aromatic rings. The largest absolute Gasteiger partial charge is 0.398 e. The van der Waals surface area contributed by atoms with Crippen molar-refractivity contribution in [1.29, 1.82) is 0 Å². The highest BCUT2D eigenvalue weighted by Gasteiger charge is 2.29. The third-order valence-electron chi connectivity index (χ3n) is 4.10. The van der Waals surface area contributed by atoms with Crippen molar-refractivity contribution in [3.05, 3.63) is 22.7 Å². The number of benzene rings is 1. The summed E-state index contributed by atoms with van der Waals surface area (Å²) in [6.45, 7) is 6.97. The number of halogens is 1. The second-order valence-electron chi connectivity index (χ2n) is 5.38. The lowest BCUT2D eigenvalue weighted by molar-refractivity contribution is 0.142. The van der Waals surface area contributed by atoms with Gasteiger partial charge in [-0.3, -0.25) is 4.90 Å². The number of rotatable bonds is 4. The van der Waals surface area contributed by atoms with Crippen LogP contribution in [0, 0.1) is 0 Å². The van der Waals surface area contributed by atoms with Crippen molar-refractivity contribution in [2.75, 3.05) is 31.9 Å². The Morgan fingerprint density at radius 1 is 1.29 bits per heavy atom. The smallest absolute Gasteiger partial charge is 0.243 e. The minimum Gasteiger partial charge on any atom is -0.398 e. The molecule has 0 aromatic heterocycles. The van der Waals surface area contributed by atoms with Crippen LogP contribution in [0.5, 0.6) is 0 Å². The molecular formula is C14H22BrN3O2S. The molecule has 1 aromatic carbocycles. The van der Waals surface area contributed by atoms with E-state index < -0.39 is 10.0 Å². The summed E-state index contributed by atoms with van der Waals surface area (Å²) in [6.07, 6.45) is 1.08. The van der Waals surface area contributed by atoms with Crippen LogP contribution in [0.15, 0.2) is 27.6 Å². The van der Waals surface area contributed by atoms with Crippen LogP contribution < -0.4 is 5.73 Å². The van der Waals surface area contributed by atoms with Crippen LogP contribution in [0.2, 0.25) is 0 Å². The van der Waals surface area contributed by atoms with Crippen molar-refractivity contribution < 1.29 is 8.42 Å². The van der Waals surface area contributed by atoms with E-state index in [1.54, 1.807) is 22.5 Å². The van der Waals surface area contributed by atoms with Gasteiger partial charge in [-0.1, -0.05) is 6.92 Å². The summed E-state index contributed by atoms with van der Waals surface area (Å²) in [5.74, 6) is 0. The SMILES string of the molecule is CCC(C)N1CCN(S(=O)(=O)c2ccc(N)c(Br)c2)CC1. The van der Waals surface area contributed by atoms with Crippen LogP contribution in [0.1, 0.15) is 20.3 Å². The molecule has 7 heteroatoms. The van der Waals surface area contributed by atoms with Crippen molar-refractivity contribution in [1.82, 2.24) is 9.21 Å². The summed E-state index contributed by atoms with van der Waals surface area (Å²) in [5, 5.41) is 0. The first-order valence-electron chi connectivity index (χ1n) is 7.15. The van der Waals surface area contributed by atoms with Crippen LogP contribution in [-0.2, 0) is 10.0 Å². The number of anilines is 1. The van der Waals surface area contributed by atoms with Crippen LogP contribution in [0.4, 0.5) is 5.69 Å². The van der Waals surface area contributed by atoms with Crippen molar-refractivity contribution in [3.63, 3.8) is 0 Å². The average Bonchev–Trinajstić information content (AvgIpc) is 2.49. The number of nitrogens with two attached hydrogens (primary N) is 1. The first kappa shape index (κ1) is 16.7. The fourth-order valence-corrected chi connectivity index (χ4v) is 4.44. The molecule has 0 radical (unpaired) electrons. The molecule has 1 fully saturated rings. The molecule has 0 amide bonds. The maximum atomic E-state index is 12.6. The molecule has 0 saturated carbocycles. The molecule has 2 N–H and O–H groups in total. The van der Waals surface area contributed by atoms with E-state index in [-0.39, 0.29) is 0 Å². The standard InChI is InChI=1S/C14H22BrN3O2S/c1-3-11(2)17-6-8-18(9-7-17)21(19,20)12-4-5-14(16)13(15)10-12/h4-5,10-11H,3,6-9,16H2,1-2H3. The van der Waals surface area contributed by atoms with Crippen molar-refractivity contribution in [3.8, 4) is 0 Å². The summed E-state index contributed by atoms with van der Waals surface area (Å²) >= 11 is 3.28. The fourth-order valence-electron chi connectivity index (χ4n) is 2.46. The Morgan fingerprint density at radius 2 is 1.90 bits per heavy atom. The normalized spacial score (nSPS) is 19.6. The maximum absolute atomic E-state index is 12.6. The zero-order chi connectivity index (χ0) is 15.6. The number of nitrogens with zero attached hydrogens (tertiary/aromatic N) is 2. The molecule has 1 atom stereocenters. The number of hydrogen-bond donors (Lipinski definition) is 1. The van der Waals surface area contributed by atoms with Gasteiger partial charge in [0.1, 0.15) is 0 Å². The van der Waals surface area contributed by atoms with Gasteiger partial charge < -0.3 is 5.73 Å². The second-order valence-corrected chi connectivity index (χ2v) is 8.17. The van der Waals surface area contributed by atoms with Gasteiger partial charge in [-0.05, 0) is 47.5 Å². The predicted molar refractivity (Wildman–Crippen MR) is 88.6 cm³/mol. The highest BCUT2D eigenvalue weighted by molar-refractivity contribution is 9.10. The zero-order valence-electron chi connectivity index (χ0n) is 12.4. The van der Waals surface area contributed by atoms with Gasteiger partial charge in [0.15, 0.2) is 0 Å². The molecule has 0 bridgehead atoms. The summed E-state index contributed by atoms with van der Waals surface area (Å²) in [4.78, 5) is 2.63. The van der Waals surface area contributed by atoms with Crippen LogP contribution in [0.3, 0.4) is 0 Å². The monoisotopic (exact) mass is 375 g/mol. The summed E-state index contributed by atoms with van der Waals surface area (Å²) in [5.41, 5.74) is 6.25. The number of piperazine rings is 1. The number of nitrogen functional groups attached to an aromatic ring is 1. The van der Waals surface area contributed by atoms with Gasteiger partial charge in [0, 0.05) is 42.4 Å². The first-order chi connectivity index (χ1) is 9.86. The minimum atomic E-state index is -3.44. The Balaban J connectivity index is 2.13.